The minimum Gasteiger partial charge on any atom is -0.493 e. The van der Waals surface area contributed by atoms with Gasteiger partial charge in [-0.15, -0.1) is 0 Å². The van der Waals surface area contributed by atoms with Crippen LogP contribution in [-0.4, -0.2) is 18.9 Å². The van der Waals surface area contributed by atoms with Crippen LogP contribution in [-0.2, 0) is 0 Å². The molecule has 6 heteroatoms. The number of carbonyl (C=O) groups is 1. The lowest BCUT2D eigenvalue weighted by atomic mass is 10.2. The largest absolute Gasteiger partial charge is 0.493 e. The molecule has 2 aromatic carbocycles. The molecule has 120 valence electrons. The van der Waals surface area contributed by atoms with E-state index in [0.717, 1.165) is 11.3 Å². The number of para-hydroxylation sites is 1. The summed E-state index contributed by atoms with van der Waals surface area (Å²) in [7, 11) is 0. The molecule has 0 fully saturated rings. The van der Waals surface area contributed by atoms with Gasteiger partial charge in [0, 0.05) is 16.3 Å². The Kier molecular flexibility index (Phi) is 6.00. The molecular weight excluding hydrogens is 314 g/mol. The normalized spacial score (nSPS) is 10.6. The zero-order valence-corrected chi connectivity index (χ0v) is 13.7. The summed E-state index contributed by atoms with van der Waals surface area (Å²) in [6, 6.07) is 12.3. The van der Waals surface area contributed by atoms with Crippen molar-refractivity contribution in [2.24, 2.45) is 5.10 Å². The second-order valence-electron chi connectivity index (χ2n) is 4.75. The van der Waals surface area contributed by atoms with Gasteiger partial charge in [0.25, 0.3) is 0 Å². The summed E-state index contributed by atoms with van der Waals surface area (Å²) in [6.45, 7) is 4.34. The number of hydrazone groups is 1. The predicted molar refractivity (Wildman–Crippen MR) is 93.5 cm³/mol. The van der Waals surface area contributed by atoms with Crippen molar-refractivity contribution in [2.75, 3.05) is 11.9 Å². The van der Waals surface area contributed by atoms with Crippen molar-refractivity contribution >= 4 is 29.5 Å². The van der Waals surface area contributed by atoms with Gasteiger partial charge in [-0.3, -0.25) is 0 Å². The summed E-state index contributed by atoms with van der Waals surface area (Å²) in [6.07, 6.45) is 1.49. The van der Waals surface area contributed by atoms with Crippen LogP contribution in [0.3, 0.4) is 0 Å². The molecule has 23 heavy (non-hydrogen) atoms. The molecule has 0 spiro atoms. The van der Waals surface area contributed by atoms with Crippen molar-refractivity contribution in [3.05, 3.63) is 58.6 Å². The summed E-state index contributed by atoms with van der Waals surface area (Å²) in [5.41, 5.74) is 4.81. The fourth-order valence-corrected chi connectivity index (χ4v) is 2.11. The summed E-state index contributed by atoms with van der Waals surface area (Å²) >= 11 is 5.97. The van der Waals surface area contributed by atoms with E-state index in [0.29, 0.717) is 22.9 Å². The first-order valence-corrected chi connectivity index (χ1v) is 7.56. The van der Waals surface area contributed by atoms with E-state index in [9.17, 15) is 4.79 Å². The van der Waals surface area contributed by atoms with Crippen LogP contribution in [0.5, 0.6) is 5.75 Å². The van der Waals surface area contributed by atoms with E-state index in [1.807, 2.05) is 38.1 Å². The Bertz CT molecular complexity index is 717. The fourth-order valence-electron chi connectivity index (χ4n) is 1.93. The number of halogens is 1. The topological polar surface area (TPSA) is 62.7 Å². The third kappa shape index (κ3) is 5.00. The van der Waals surface area contributed by atoms with Crippen LogP contribution in [0.2, 0.25) is 5.02 Å². The lowest BCUT2D eigenvalue weighted by Crippen LogP contribution is -2.24. The van der Waals surface area contributed by atoms with E-state index in [2.05, 4.69) is 15.8 Å². The molecule has 0 aliphatic carbocycles. The number of hydrogen-bond acceptors (Lipinski definition) is 3. The Balaban J connectivity index is 2.00. The van der Waals surface area contributed by atoms with Gasteiger partial charge in [-0.25, -0.2) is 10.2 Å². The number of aryl methyl sites for hydroxylation is 1. The van der Waals surface area contributed by atoms with Gasteiger partial charge in [-0.05, 0) is 43.7 Å². The molecule has 2 N–H and O–H groups in total. The Labute approximate surface area is 140 Å². The zero-order valence-electron chi connectivity index (χ0n) is 13.0. The minimum absolute atomic E-state index is 0.421. The van der Waals surface area contributed by atoms with Crippen molar-refractivity contribution in [1.29, 1.82) is 0 Å². The summed E-state index contributed by atoms with van der Waals surface area (Å²) in [5.74, 6) is 0.654. The average Bonchev–Trinajstić information content (AvgIpc) is 2.52. The number of anilines is 1. The van der Waals surface area contributed by atoms with E-state index in [4.69, 9.17) is 16.3 Å². The van der Waals surface area contributed by atoms with Gasteiger partial charge in [0.1, 0.15) is 5.75 Å². The van der Waals surface area contributed by atoms with Gasteiger partial charge in [0.05, 0.1) is 12.8 Å². The van der Waals surface area contributed by atoms with Crippen LogP contribution >= 0.6 is 11.6 Å². The molecule has 0 aliphatic heterocycles. The molecular formula is C17H18ClN3O2. The number of ether oxygens (including phenoxy) is 1. The SMILES string of the molecule is CCOc1ccc(Cl)cc1C=NNC(=O)Nc1ccccc1C. The van der Waals surface area contributed by atoms with Crippen molar-refractivity contribution in [1.82, 2.24) is 5.43 Å². The van der Waals surface area contributed by atoms with Crippen LogP contribution in [0.15, 0.2) is 47.6 Å². The van der Waals surface area contributed by atoms with Gasteiger partial charge in [0.15, 0.2) is 0 Å². The second-order valence-corrected chi connectivity index (χ2v) is 5.19. The lowest BCUT2D eigenvalue weighted by Gasteiger charge is -2.08. The zero-order chi connectivity index (χ0) is 16.7. The third-order valence-electron chi connectivity index (χ3n) is 3.03. The first-order valence-electron chi connectivity index (χ1n) is 7.18. The average molecular weight is 332 g/mol. The molecule has 5 nitrogen and oxygen atoms in total. The maximum absolute atomic E-state index is 11.8. The monoisotopic (exact) mass is 331 g/mol. The number of carbonyl (C=O) groups excluding carboxylic acids is 1. The van der Waals surface area contributed by atoms with E-state index in [1.54, 1.807) is 18.2 Å². The van der Waals surface area contributed by atoms with Gasteiger partial charge >= 0.3 is 6.03 Å². The van der Waals surface area contributed by atoms with Gasteiger partial charge in [-0.1, -0.05) is 29.8 Å². The molecule has 0 aliphatic rings. The Morgan fingerprint density at radius 2 is 2.09 bits per heavy atom. The number of hydrogen-bond donors (Lipinski definition) is 2. The Morgan fingerprint density at radius 3 is 2.83 bits per heavy atom. The summed E-state index contributed by atoms with van der Waals surface area (Å²) in [5, 5.41) is 7.22. The van der Waals surface area contributed by atoms with Crippen LogP contribution in [0.4, 0.5) is 10.5 Å². The highest BCUT2D eigenvalue weighted by Crippen LogP contribution is 2.21. The molecule has 0 atom stereocenters. The van der Waals surface area contributed by atoms with Gasteiger partial charge in [0.2, 0.25) is 0 Å². The van der Waals surface area contributed by atoms with Gasteiger partial charge in [-0.2, -0.15) is 5.10 Å². The smallest absolute Gasteiger partial charge is 0.339 e. The van der Waals surface area contributed by atoms with Crippen molar-refractivity contribution in [3.8, 4) is 5.75 Å². The number of rotatable bonds is 5. The standard InChI is InChI=1S/C17H18ClN3O2/c1-3-23-16-9-8-14(18)10-13(16)11-19-21-17(22)20-15-7-5-4-6-12(15)2/h4-11H,3H2,1-2H3,(H2,20,21,22). The number of amides is 2. The van der Waals surface area contributed by atoms with Crippen LogP contribution in [0.1, 0.15) is 18.1 Å². The maximum atomic E-state index is 11.8. The maximum Gasteiger partial charge on any atom is 0.339 e. The van der Waals surface area contributed by atoms with Gasteiger partial charge < -0.3 is 10.1 Å². The second kappa shape index (κ2) is 8.19. The quantitative estimate of drug-likeness (QED) is 0.637. The van der Waals surface area contributed by atoms with E-state index >= 15 is 0 Å². The number of nitrogens with one attached hydrogen (secondary N) is 2. The molecule has 0 saturated heterocycles. The van der Waals surface area contributed by atoms with Crippen molar-refractivity contribution < 1.29 is 9.53 Å². The first-order chi connectivity index (χ1) is 11.1. The van der Waals surface area contributed by atoms with Crippen molar-refractivity contribution in [2.45, 2.75) is 13.8 Å². The summed E-state index contributed by atoms with van der Waals surface area (Å²) < 4.78 is 5.48. The van der Waals surface area contributed by atoms with Crippen LogP contribution < -0.4 is 15.5 Å². The highest BCUT2D eigenvalue weighted by atomic mass is 35.5. The fraction of sp³-hybridized carbons (Fsp3) is 0.176. The van der Waals surface area contributed by atoms with E-state index in [1.165, 1.54) is 6.21 Å². The minimum atomic E-state index is -0.421. The highest BCUT2D eigenvalue weighted by molar-refractivity contribution is 6.30. The van der Waals surface area contributed by atoms with E-state index in [-0.39, 0.29) is 0 Å². The molecule has 0 radical (unpaired) electrons. The van der Waals surface area contributed by atoms with Crippen molar-refractivity contribution in [3.63, 3.8) is 0 Å². The molecule has 0 unspecified atom stereocenters. The predicted octanol–water partition coefficient (Wildman–Crippen LogP) is 4.20. The number of nitrogens with zero attached hydrogens (tertiary/aromatic N) is 1. The Morgan fingerprint density at radius 1 is 1.30 bits per heavy atom. The number of benzene rings is 2. The molecule has 0 heterocycles. The number of urea groups is 1. The molecule has 2 rings (SSSR count). The molecule has 0 saturated carbocycles. The molecule has 0 aromatic heterocycles. The van der Waals surface area contributed by atoms with Crippen LogP contribution in [0, 0.1) is 6.92 Å². The highest BCUT2D eigenvalue weighted by Gasteiger charge is 2.04. The molecule has 0 bridgehead atoms. The first kappa shape index (κ1) is 16.8. The Hall–Kier alpha value is -2.53. The van der Waals surface area contributed by atoms with E-state index < -0.39 is 6.03 Å². The molecule has 2 aromatic rings. The van der Waals surface area contributed by atoms with Crippen LogP contribution in [0.25, 0.3) is 0 Å². The summed E-state index contributed by atoms with van der Waals surface area (Å²) in [4.78, 5) is 11.8. The molecule has 2 amide bonds. The third-order valence-corrected chi connectivity index (χ3v) is 3.27. The lowest BCUT2D eigenvalue weighted by molar-refractivity contribution is 0.252.